The number of aryl methyl sites for hydroxylation is 1. The van der Waals surface area contributed by atoms with Crippen molar-refractivity contribution in [3.05, 3.63) is 45.7 Å². The molecular weight excluding hydrogens is 232 g/mol. The van der Waals surface area contributed by atoms with Crippen LogP contribution in [0.2, 0.25) is 0 Å². The number of methoxy groups -OCH3 is 1. The molecule has 0 bridgehead atoms. The average Bonchev–Trinajstić information content (AvgIpc) is 2.39. The van der Waals surface area contributed by atoms with Gasteiger partial charge in [-0.15, -0.1) is 0 Å². The van der Waals surface area contributed by atoms with Crippen LogP contribution in [0, 0.1) is 6.92 Å². The molecule has 18 heavy (non-hydrogen) atoms. The van der Waals surface area contributed by atoms with Crippen LogP contribution < -0.4 is 10.3 Å². The minimum absolute atomic E-state index is 0.0634. The van der Waals surface area contributed by atoms with Gasteiger partial charge in [0.05, 0.1) is 18.4 Å². The highest BCUT2D eigenvalue weighted by Crippen LogP contribution is 2.24. The molecule has 1 heterocycles. The fourth-order valence-corrected chi connectivity index (χ4v) is 1.69. The molecule has 0 radical (unpaired) electrons. The lowest BCUT2D eigenvalue weighted by Crippen LogP contribution is -2.13. The summed E-state index contributed by atoms with van der Waals surface area (Å²) in [6.45, 7) is 1.91. The van der Waals surface area contributed by atoms with E-state index in [1.165, 1.54) is 6.07 Å². The number of aldehydes is 1. The van der Waals surface area contributed by atoms with Gasteiger partial charge in [0, 0.05) is 5.56 Å². The van der Waals surface area contributed by atoms with E-state index in [0.717, 1.165) is 16.9 Å². The van der Waals surface area contributed by atoms with Gasteiger partial charge in [0.25, 0.3) is 5.56 Å². The number of nitrogens with one attached hydrogen (secondary N) is 1. The first-order valence-corrected chi connectivity index (χ1v) is 5.35. The number of hydrogen-bond acceptors (Lipinski definition) is 4. The number of hydrogen-bond donors (Lipinski definition) is 1. The third-order valence-electron chi connectivity index (χ3n) is 2.65. The molecular formula is C13H12N2O3. The van der Waals surface area contributed by atoms with Gasteiger partial charge >= 0.3 is 0 Å². The van der Waals surface area contributed by atoms with Crippen LogP contribution in [-0.2, 0) is 0 Å². The molecule has 2 rings (SSSR count). The van der Waals surface area contributed by atoms with Crippen molar-refractivity contribution in [3.63, 3.8) is 0 Å². The molecule has 0 atom stereocenters. The molecule has 0 saturated carbocycles. The van der Waals surface area contributed by atoms with Crippen molar-refractivity contribution in [1.82, 2.24) is 10.2 Å². The third kappa shape index (κ3) is 2.15. The lowest BCUT2D eigenvalue weighted by Gasteiger charge is -2.06. The normalized spacial score (nSPS) is 10.1. The number of aromatic amines is 1. The SMILES string of the molecule is COc1ccc(-c2cc(C=O)c(=O)[nH]n2)cc1C. The molecule has 1 aromatic carbocycles. The Morgan fingerprint density at radius 2 is 2.11 bits per heavy atom. The van der Waals surface area contributed by atoms with Crippen LogP contribution in [0.15, 0.2) is 29.1 Å². The highest BCUT2D eigenvalue weighted by Gasteiger charge is 2.06. The molecule has 0 spiro atoms. The zero-order chi connectivity index (χ0) is 13.1. The molecule has 0 amide bonds. The van der Waals surface area contributed by atoms with Gasteiger partial charge in [-0.05, 0) is 36.8 Å². The third-order valence-corrected chi connectivity index (χ3v) is 2.65. The second kappa shape index (κ2) is 4.83. The first-order valence-electron chi connectivity index (χ1n) is 5.35. The summed E-state index contributed by atoms with van der Waals surface area (Å²) in [6, 6.07) is 6.99. The maximum absolute atomic E-state index is 11.2. The molecule has 0 fully saturated rings. The summed E-state index contributed by atoms with van der Waals surface area (Å²) in [5.41, 5.74) is 1.89. The second-order valence-electron chi connectivity index (χ2n) is 3.84. The van der Waals surface area contributed by atoms with Gasteiger partial charge in [0.2, 0.25) is 0 Å². The van der Waals surface area contributed by atoms with Crippen molar-refractivity contribution in [1.29, 1.82) is 0 Å². The van der Waals surface area contributed by atoms with Gasteiger partial charge in [-0.1, -0.05) is 0 Å². The molecule has 5 nitrogen and oxygen atoms in total. The van der Waals surface area contributed by atoms with Gasteiger partial charge in [-0.3, -0.25) is 9.59 Å². The van der Waals surface area contributed by atoms with E-state index in [9.17, 15) is 9.59 Å². The zero-order valence-electron chi connectivity index (χ0n) is 10.1. The van der Waals surface area contributed by atoms with Crippen molar-refractivity contribution < 1.29 is 9.53 Å². The summed E-state index contributed by atoms with van der Waals surface area (Å²) in [5.74, 6) is 0.777. The summed E-state index contributed by atoms with van der Waals surface area (Å²) >= 11 is 0. The van der Waals surface area contributed by atoms with Crippen LogP contribution in [0.1, 0.15) is 15.9 Å². The van der Waals surface area contributed by atoms with Crippen LogP contribution in [0.25, 0.3) is 11.3 Å². The molecule has 1 N–H and O–H groups in total. The molecule has 0 saturated heterocycles. The number of rotatable bonds is 3. The number of carbonyl (C=O) groups is 1. The lowest BCUT2D eigenvalue weighted by atomic mass is 10.1. The quantitative estimate of drug-likeness (QED) is 0.832. The number of ether oxygens (including phenoxy) is 1. The summed E-state index contributed by atoms with van der Waals surface area (Å²) in [4.78, 5) is 21.9. The molecule has 0 unspecified atom stereocenters. The van der Waals surface area contributed by atoms with Crippen LogP contribution in [0.3, 0.4) is 0 Å². The molecule has 1 aromatic heterocycles. The molecule has 0 aliphatic rings. The van der Waals surface area contributed by atoms with E-state index in [-0.39, 0.29) is 5.56 Å². The van der Waals surface area contributed by atoms with Gasteiger partial charge < -0.3 is 4.74 Å². The van der Waals surface area contributed by atoms with E-state index in [1.54, 1.807) is 7.11 Å². The minimum Gasteiger partial charge on any atom is -0.496 e. The van der Waals surface area contributed by atoms with E-state index in [4.69, 9.17) is 4.74 Å². The van der Waals surface area contributed by atoms with E-state index in [2.05, 4.69) is 10.2 Å². The Morgan fingerprint density at radius 1 is 1.33 bits per heavy atom. The van der Waals surface area contributed by atoms with Gasteiger partial charge in [0.15, 0.2) is 6.29 Å². The Balaban J connectivity index is 2.52. The van der Waals surface area contributed by atoms with Crippen LogP contribution in [0.4, 0.5) is 0 Å². The van der Waals surface area contributed by atoms with Crippen molar-refractivity contribution in [3.8, 4) is 17.0 Å². The minimum atomic E-state index is -0.487. The zero-order valence-corrected chi connectivity index (χ0v) is 10.1. The Bertz CT molecular complexity index is 647. The van der Waals surface area contributed by atoms with E-state index in [1.807, 2.05) is 25.1 Å². The van der Waals surface area contributed by atoms with Gasteiger partial charge in [-0.25, -0.2) is 5.10 Å². The van der Waals surface area contributed by atoms with Crippen molar-refractivity contribution in [2.24, 2.45) is 0 Å². The number of H-pyrrole nitrogens is 1. The lowest BCUT2D eigenvalue weighted by molar-refractivity contribution is 0.112. The topological polar surface area (TPSA) is 72.1 Å². The Morgan fingerprint density at radius 3 is 2.72 bits per heavy atom. The van der Waals surface area contributed by atoms with Crippen LogP contribution in [0.5, 0.6) is 5.75 Å². The molecule has 5 heteroatoms. The van der Waals surface area contributed by atoms with Gasteiger partial charge in [0.1, 0.15) is 5.75 Å². The Kier molecular flexibility index (Phi) is 3.23. The van der Waals surface area contributed by atoms with Gasteiger partial charge in [-0.2, -0.15) is 5.10 Å². The summed E-state index contributed by atoms with van der Waals surface area (Å²) < 4.78 is 5.17. The highest BCUT2D eigenvalue weighted by atomic mass is 16.5. The Hall–Kier alpha value is -2.43. The highest BCUT2D eigenvalue weighted by molar-refractivity contribution is 5.76. The van der Waals surface area contributed by atoms with Crippen LogP contribution in [-0.4, -0.2) is 23.6 Å². The fraction of sp³-hybridized carbons (Fsp3) is 0.154. The molecule has 0 aliphatic carbocycles. The van der Waals surface area contributed by atoms with E-state index < -0.39 is 5.56 Å². The van der Waals surface area contributed by atoms with Crippen molar-refractivity contribution in [2.45, 2.75) is 6.92 Å². The predicted octanol–water partition coefficient (Wildman–Crippen LogP) is 1.57. The van der Waals surface area contributed by atoms with Crippen LogP contribution >= 0.6 is 0 Å². The molecule has 92 valence electrons. The largest absolute Gasteiger partial charge is 0.496 e. The number of carbonyl (C=O) groups excluding carboxylic acids is 1. The maximum Gasteiger partial charge on any atom is 0.274 e. The summed E-state index contributed by atoms with van der Waals surface area (Å²) in [6.07, 6.45) is 0.514. The summed E-state index contributed by atoms with van der Waals surface area (Å²) in [7, 11) is 1.60. The van der Waals surface area contributed by atoms with E-state index in [0.29, 0.717) is 12.0 Å². The molecule has 0 aliphatic heterocycles. The maximum atomic E-state index is 11.2. The average molecular weight is 244 g/mol. The predicted molar refractivity (Wildman–Crippen MR) is 67.0 cm³/mol. The Labute approximate surface area is 103 Å². The second-order valence-corrected chi connectivity index (χ2v) is 3.84. The van der Waals surface area contributed by atoms with Crippen molar-refractivity contribution >= 4 is 6.29 Å². The smallest absolute Gasteiger partial charge is 0.274 e. The standard InChI is InChI=1S/C13H12N2O3/c1-8-5-9(3-4-12(8)18-2)11-6-10(7-16)13(17)15-14-11/h3-7H,1-2H3,(H,15,17). The van der Waals surface area contributed by atoms with E-state index >= 15 is 0 Å². The monoisotopic (exact) mass is 244 g/mol. The first kappa shape index (κ1) is 12.0. The molecule has 2 aromatic rings. The van der Waals surface area contributed by atoms with Crippen molar-refractivity contribution in [2.75, 3.05) is 7.11 Å². The summed E-state index contributed by atoms with van der Waals surface area (Å²) in [5, 5.41) is 6.21. The fourth-order valence-electron chi connectivity index (χ4n) is 1.69. The number of nitrogens with zero attached hydrogens (tertiary/aromatic N) is 1. The number of aromatic nitrogens is 2. The number of benzene rings is 1. The first-order chi connectivity index (χ1) is 8.65.